The summed E-state index contributed by atoms with van der Waals surface area (Å²) in [4.78, 5) is 14.3. The van der Waals surface area contributed by atoms with E-state index in [-0.39, 0.29) is 5.91 Å². The van der Waals surface area contributed by atoms with E-state index in [0.717, 1.165) is 25.1 Å². The molecule has 0 saturated carbocycles. The maximum atomic E-state index is 12.1. The fourth-order valence-corrected chi connectivity index (χ4v) is 3.09. The van der Waals surface area contributed by atoms with E-state index in [1.807, 2.05) is 30.3 Å². The molecule has 1 aliphatic heterocycles. The lowest BCUT2D eigenvalue weighted by Crippen LogP contribution is -2.39. The number of nitrogens with one attached hydrogen (secondary N) is 1. The monoisotopic (exact) mass is 340 g/mol. The van der Waals surface area contributed by atoms with Crippen LogP contribution >= 0.6 is 11.6 Å². The molecule has 0 atom stereocenters. The van der Waals surface area contributed by atoms with Gasteiger partial charge in [-0.05, 0) is 35.3 Å². The summed E-state index contributed by atoms with van der Waals surface area (Å²) in [5.41, 5.74) is 3.66. The third-order valence-electron chi connectivity index (χ3n) is 4.18. The molecule has 0 unspecified atom stereocenters. The zero-order valence-electron chi connectivity index (χ0n) is 13.5. The van der Waals surface area contributed by atoms with Crippen molar-refractivity contribution < 1.29 is 4.79 Å². The van der Waals surface area contributed by atoms with Gasteiger partial charge in [0.15, 0.2) is 0 Å². The molecule has 4 heteroatoms. The molecule has 1 aliphatic rings. The van der Waals surface area contributed by atoms with E-state index in [0.29, 0.717) is 18.1 Å². The number of carbonyl (C=O) groups excluding carboxylic acids is 1. The second-order valence-corrected chi connectivity index (χ2v) is 6.42. The first kappa shape index (κ1) is 16.7. The molecular weight excluding hydrogens is 320 g/mol. The molecule has 3 rings (SSSR count). The smallest absolute Gasteiger partial charge is 0.234 e. The lowest BCUT2D eigenvalue weighted by Gasteiger charge is -2.25. The van der Waals surface area contributed by atoms with E-state index in [1.165, 1.54) is 11.1 Å². The van der Waals surface area contributed by atoms with Crippen molar-refractivity contribution in [3.63, 3.8) is 0 Å². The Balaban J connectivity index is 1.47. The van der Waals surface area contributed by atoms with Crippen LogP contribution in [0.3, 0.4) is 0 Å². The summed E-state index contributed by atoms with van der Waals surface area (Å²) in [7, 11) is 0. The quantitative estimate of drug-likeness (QED) is 0.899. The van der Waals surface area contributed by atoms with Gasteiger partial charge in [0.2, 0.25) is 5.91 Å². The van der Waals surface area contributed by atoms with Crippen LogP contribution in [0.25, 0.3) is 5.57 Å². The van der Waals surface area contributed by atoms with Gasteiger partial charge in [-0.3, -0.25) is 9.69 Å². The normalized spacial score (nSPS) is 15.0. The van der Waals surface area contributed by atoms with Gasteiger partial charge in [-0.2, -0.15) is 0 Å². The Morgan fingerprint density at radius 3 is 2.67 bits per heavy atom. The second kappa shape index (κ2) is 8.13. The highest BCUT2D eigenvalue weighted by Crippen LogP contribution is 2.21. The SMILES string of the molecule is O=C(CN1CC=C(c2ccccc2)CC1)NCc1cccc(Cl)c1. The summed E-state index contributed by atoms with van der Waals surface area (Å²) in [5, 5.41) is 3.65. The molecule has 0 radical (unpaired) electrons. The minimum Gasteiger partial charge on any atom is -0.351 e. The molecule has 24 heavy (non-hydrogen) atoms. The Labute approximate surface area is 147 Å². The highest BCUT2D eigenvalue weighted by Gasteiger charge is 2.15. The highest BCUT2D eigenvalue weighted by atomic mass is 35.5. The van der Waals surface area contributed by atoms with Crippen molar-refractivity contribution in [3.8, 4) is 0 Å². The van der Waals surface area contributed by atoms with Crippen molar-refractivity contribution in [3.05, 3.63) is 76.8 Å². The van der Waals surface area contributed by atoms with Gasteiger partial charge in [0.05, 0.1) is 6.54 Å². The number of rotatable bonds is 5. The maximum Gasteiger partial charge on any atom is 0.234 e. The molecule has 0 saturated heterocycles. The van der Waals surface area contributed by atoms with Crippen LogP contribution in [-0.4, -0.2) is 30.4 Å². The van der Waals surface area contributed by atoms with Gasteiger partial charge < -0.3 is 5.32 Å². The molecule has 0 aromatic heterocycles. The Kier molecular flexibility index (Phi) is 5.68. The molecule has 2 aromatic rings. The molecular formula is C20H21ClN2O. The van der Waals surface area contributed by atoms with Crippen LogP contribution in [0.4, 0.5) is 0 Å². The van der Waals surface area contributed by atoms with Crippen molar-refractivity contribution in [2.45, 2.75) is 13.0 Å². The largest absolute Gasteiger partial charge is 0.351 e. The van der Waals surface area contributed by atoms with E-state index >= 15 is 0 Å². The Hall–Kier alpha value is -2.10. The lowest BCUT2D eigenvalue weighted by molar-refractivity contribution is -0.122. The van der Waals surface area contributed by atoms with E-state index in [4.69, 9.17) is 11.6 Å². The predicted octanol–water partition coefficient (Wildman–Crippen LogP) is 3.75. The zero-order chi connectivity index (χ0) is 16.8. The number of nitrogens with zero attached hydrogens (tertiary/aromatic N) is 1. The van der Waals surface area contributed by atoms with Crippen LogP contribution in [0.5, 0.6) is 0 Å². The van der Waals surface area contributed by atoms with Gasteiger partial charge in [-0.1, -0.05) is 60.1 Å². The first-order valence-electron chi connectivity index (χ1n) is 8.18. The number of hydrogen-bond acceptors (Lipinski definition) is 2. The average Bonchev–Trinajstić information content (AvgIpc) is 2.61. The Morgan fingerprint density at radius 1 is 1.12 bits per heavy atom. The predicted molar refractivity (Wildman–Crippen MR) is 98.8 cm³/mol. The number of benzene rings is 2. The summed E-state index contributed by atoms with van der Waals surface area (Å²) in [6, 6.07) is 18.0. The summed E-state index contributed by atoms with van der Waals surface area (Å²) in [6.45, 7) is 2.66. The third-order valence-corrected chi connectivity index (χ3v) is 4.42. The van der Waals surface area contributed by atoms with Gasteiger partial charge in [-0.15, -0.1) is 0 Å². The summed E-state index contributed by atoms with van der Waals surface area (Å²) in [6.07, 6.45) is 3.20. The number of halogens is 1. The fraction of sp³-hybridized carbons (Fsp3) is 0.250. The number of hydrogen-bond donors (Lipinski definition) is 1. The van der Waals surface area contributed by atoms with Crippen molar-refractivity contribution >= 4 is 23.1 Å². The van der Waals surface area contributed by atoms with Gasteiger partial charge in [0.1, 0.15) is 0 Å². The molecule has 0 bridgehead atoms. The molecule has 124 valence electrons. The average molecular weight is 341 g/mol. The first-order valence-corrected chi connectivity index (χ1v) is 8.56. The molecule has 2 aromatic carbocycles. The van der Waals surface area contributed by atoms with Crippen molar-refractivity contribution in [1.29, 1.82) is 0 Å². The third kappa shape index (κ3) is 4.70. The standard InChI is InChI=1S/C20H21ClN2O/c21-19-8-4-5-16(13-19)14-22-20(24)15-23-11-9-18(10-12-23)17-6-2-1-3-7-17/h1-9,13H,10-12,14-15H2,(H,22,24). The Morgan fingerprint density at radius 2 is 1.96 bits per heavy atom. The van der Waals surface area contributed by atoms with Crippen LogP contribution in [0.15, 0.2) is 60.7 Å². The second-order valence-electron chi connectivity index (χ2n) is 5.99. The van der Waals surface area contributed by atoms with Gasteiger partial charge >= 0.3 is 0 Å². The van der Waals surface area contributed by atoms with Crippen LogP contribution < -0.4 is 5.32 Å². The molecule has 0 fully saturated rings. The summed E-state index contributed by atoms with van der Waals surface area (Å²) in [5.74, 6) is 0.0477. The van der Waals surface area contributed by atoms with Gasteiger partial charge in [-0.25, -0.2) is 0 Å². The Bertz CT molecular complexity index is 727. The zero-order valence-corrected chi connectivity index (χ0v) is 14.3. The fourth-order valence-electron chi connectivity index (χ4n) is 2.88. The topological polar surface area (TPSA) is 32.3 Å². The molecule has 0 aliphatic carbocycles. The highest BCUT2D eigenvalue weighted by molar-refractivity contribution is 6.30. The minimum atomic E-state index is 0.0477. The van der Waals surface area contributed by atoms with E-state index in [1.54, 1.807) is 0 Å². The van der Waals surface area contributed by atoms with E-state index in [9.17, 15) is 4.79 Å². The van der Waals surface area contributed by atoms with Gasteiger partial charge in [0, 0.05) is 24.7 Å². The molecule has 0 spiro atoms. The van der Waals surface area contributed by atoms with Crippen molar-refractivity contribution in [1.82, 2.24) is 10.2 Å². The summed E-state index contributed by atoms with van der Waals surface area (Å²) < 4.78 is 0. The molecule has 1 amide bonds. The molecule has 3 nitrogen and oxygen atoms in total. The van der Waals surface area contributed by atoms with Crippen LogP contribution in [-0.2, 0) is 11.3 Å². The lowest BCUT2D eigenvalue weighted by atomic mass is 10.00. The van der Waals surface area contributed by atoms with Crippen LogP contribution in [0.1, 0.15) is 17.5 Å². The van der Waals surface area contributed by atoms with Crippen molar-refractivity contribution in [2.75, 3.05) is 19.6 Å². The number of carbonyl (C=O) groups is 1. The molecule has 1 N–H and O–H groups in total. The van der Waals surface area contributed by atoms with E-state index < -0.39 is 0 Å². The maximum absolute atomic E-state index is 12.1. The number of amides is 1. The minimum absolute atomic E-state index is 0.0477. The van der Waals surface area contributed by atoms with E-state index in [2.05, 4.69) is 40.6 Å². The van der Waals surface area contributed by atoms with Gasteiger partial charge in [0.25, 0.3) is 0 Å². The summed E-state index contributed by atoms with van der Waals surface area (Å²) >= 11 is 5.95. The van der Waals surface area contributed by atoms with Crippen LogP contribution in [0.2, 0.25) is 5.02 Å². The first-order chi connectivity index (χ1) is 11.7. The molecule has 1 heterocycles. The van der Waals surface area contributed by atoms with Crippen LogP contribution in [0, 0.1) is 0 Å². The van der Waals surface area contributed by atoms with Crippen molar-refractivity contribution in [2.24, 2.45) is 0 Å².